The Bertz CT molecular complexity index is 1250. The van der Waals surface area contributed by atoms with Crippen LogP contribution in [0.1, 0.15) is 50.5 Å². The van der Waals surface area contributed by atoms with Crippen molar-refractivity contribution in [3.8, 4) is 5.88 Å². The Morgan fingerprint density at radius 1 is 1.28 bits per heavy atom. The molecule has 3 aromatic rings. The number of alkyl carbamates (subject to hydrolysis) is 1. The van der Waals surface area contributed by atoms with Crippen molar-refractivity contribution in [1.29, 1.82) is 0 Å². The van der Waals surface area contributed by atoms with Gasteiger partial charge in [-0.25, -0.2) is 28.5 Å². The van der Waals surface area contributed by atoms with E-state index in [9.17, 15) is 14.0 Å². The molecule has 3 rings (SSSR count). The van der Waals surface area contributed by atoms with Gasteiger partial charge < -0.3 is 24.8 Å². The Labute approximate surface area is 215 Å². The molecule has 11 nitrogen and oxygen atoms in total. The SMILES string of the molecule is CCOC(=O)c1cnn2cc(Br)c(NCc3cc(F)cnc3O[C@@H](C)CNC(=O)OC(C)(C)C)nc12. The number of rotatable bonds is 9. The molecule has 36 heavy (non-hydrogen) atoms. The molecule has 0 aliphatic heterocycles. The van der Waals surface area contributed by atoms with Gasteiger partial charge in [0.05, 0.1) is 30.0 Å². The minimum atomic E-state index is -0.620. The first-order valence-electron chi connectivity index (χ1n) is 11.2. The summed E-state index contributed by atoms with van der Waals surface area (Å²) < 4.78 is 32.1. The molecule has 0 aliphatic carbocycles. The molecule has 1 atom stereocenters. The number of pyridine rings is 1. The molecule has 0 aromatic carbocycles. The number of hydrogen-bond donors (Lipinski definition) is 2. The number of ether oxygens (including phenoxy) is 3. The van der Waals surface area contributed by atoms with Crippen LogP contribution >= 0.6 is 15.9 Å². The Morgan fingerprint density at radius 2 is 2.03 bits per heavy atom. The summed E-state index contributed by atoms with van der Waals surface area (Å²) in [4.78, 5) is 32.6. The fourth-order valence-corrected chi connectivity index (χ4v) is 3.44. The van der Waals surface area contributed by atoms with Crippen molar-refractivity contribution in [2.75, 3.05) is 18.5 Å². The van der Waals surface area contributed by atoms with Crippen molar-refractivity contribution in [3.05, 3.63) is 46.1 Å². The van der Waals surface area contributed by atoms with E-state index < -0.39 is 29.6 Å². The van der Waals surface area contributed by atoms with Crippen molar-refractivity contribution in [3.63, 3.8) is 0 Å². The van der Waals surface area contributed by atoms with E-state index in [2.05, 4.69) is 41.6 Å². The largest absolute Gasteiger partial charge is 0.473 e. The predicted octanol–water partition coefficient (Wildman–Crippen LogP) is 4.11. The monoisotopic (exact) mass is 566 g/mol. The lowest BCUT2D eigenvalue weighted by atomic mass is 10.2. The number of halogens is 2. The lowest BCUT2D eigenvalue weighted by molar-refractivity contribution is 0.0500. The topological polar surface area (TPSA) is 129 Å². The summed E-state index contributed by atoms with van der Waals surface area (Å²) in [6.45, 7) is 9.24. The predicted molar refractivity (Wildman–Crippen MR) is 132 cm³/mol. The van der Waals surface area contributed by atoms with Gasteiger partial charge in [-0.2, -0.15) is 5.10 Å². The highest BCUT2D eigenvalue weighted by atomic mass is 79.9. The number of aromatic nitrogens is 4. The summed E-state index contributed by atoms with van der Waals surface area (Å²) in [7, 11) is 0. The zero-order valence-electron chi connectivity index (χ0n) is 20.6. The second kappa shape index (κ2) is 11.5. The van der Waals surface area contributed by atoms with Crippen LogP contribution in [0, 0.1) is 5.82 Å². The molecule has 0 saturated heterocycles. The van der Waals surface area contributed by atoms with Crippen molar-refractivity contribution in [1.82, 2.24) is 24.9 Å². The third-order valence-corrected chi connectivity index (χ3v) is 5.11. The maximum Gasteiger partial charge on any atom is 0.407 e. The van der Waals surface area contributed by atoms with E-state index in [1.54, 1.807) is 40.8 Å². The van der Waals surface area contributed by atoms with Crippen molar-refractivity contribution >= 4 is 39.5 Å². The van der Waals surface area contributed by atoms with Crippen LogP contribution in [0.25, 0.3) is 5.65 Å². The number of carbonyl (C=O) groups excluding carboxylic acids is 2. The standard InChI is InChI=1S/C23H28BrFN6O5/c1-6-34-21(32)16-11-29-31-12-17(24)18(30-19(16)31)26-9-14-7-15(25)10-27-20(14)35-13(2)8-28-22(33)36-23(3,4)5/h7,10-13H,6,8-9H2,1-5H3,(H,26,30)(H,28,33)/t13-/m0/s1. The molecule has 0 bridgehead atoms. The molecular weight excluding hydrogens is 539 g/mol. The van der Waals surface area contributed by atoms with Crippen LogP contribution in [0.15, 0.2) is 29.1 Å². The molecule has 2 N–H and O–H groups in total. The summed E-state index contributed by atoms with van der Waals surface area (Å²) in [5.41, 5.74) is 0.321. The van der Waals surface area contributed by atoms with Gasteiger partial charge in [-0.3, -0.25) is 0 Å². The number of amides is 1. The third kappa shape index (κ3) is 7.26. The fourth-order valence-electron chi connectivity index (χ4n) is 3.02. The summed E-state index contributed by atoms with van der Waals surface area (Å²) in [6.07, 6.45) is 3.02. The van der Waals surface area contributed by atoms with Crippen LogP contribution < -0.4 is 15.4 Å². The number of hydrogen-bond acceptors (Lipinski definition) is 9. The van der Waals surface area contributed by atoms with Gasteiger partial charge in [0.1, 0.15) is 28.9 Å². The van der Waals surface area contributed by atoms with Crippen LogP contribution in [-0.4, -0.2) is 56.5 Å². The van der Waals surface area contributed by atoms with Gasteiger partial charge in [0, 0.05) is 18.3 Å². The van der Waals surface area contributed by atoms with Crippen LogP contribution in [0.3, 0.4) is 0 Å². The Balaban J connectivity index is 1.72. The van der Waals surface area contributed by atoms with Gasteiger partial charge in [0.2, 0.25) is 5.88 Å². The average molecular weight is 567 g/mol. The average Bonchev–Trinajstić information content (AvgIpc) is 3.19. The number of esters is 1. The van der Waals surface area contributed by atoms with Crippen LogP contribution in [0.2, 0.25) is 0 Å². The smallest absolute Gasteiger partial charge is 0.407 e. The molecule has 0 fully saturated rings. The third-order valence-electron chi connectivity index (χ3n) is 4.53. The van der Waals surface area contributed by atoms with E-state index in [-0.39, 0.29) is 31.1 Å². The maximum atomic E-state index is 14.0. The second-order valence-electron chi connectivity index (χ2n) is 8.77. The molecular formula is C23H28BrFN6O5. The first-order valence-corrected chi connectivity index (χ1v) is 12.0. The highest BCUT2D eigenvalue weighted by Gasteiger charge is 2.19. The minimum absolute atomic E-state index is 0.108. The summed E-state index contributed by atoms with van der Waals surface area (Å²) >= 11 is 3.42. The quantitative estimate of drug-likeness (QED) is 0.367. The number of anilines is 1. The Hall–Kier alpha value is -3.48. The van der Waals surface area contributed by atoms with Gasteiger partial charge in [-0.05, 0) is 56.6 Å². The van der Waals surface area contributed by atoms with E-state index in [0.29, 0.717) is 21.5 Å². The molecule has 0 saturated carbocycles. The van der Waals surface area contributed by atoms with Gasteiger partial charge in [-0.15, -0.1) is 0 Å². The maximum absolute atomic E-state index is 14.0. The Kier molecular flexibility index (Phi) is 8.66. The molecule has 0 unspecified atom stereocenters. The van der Waals surface area contributed by atoms with E-state index in [1.165, 1.54) is 16.8 Å². The number of nitrogens with zero attached hydrogens (tertiary/aromatic N) is 4. The second-order valence-corrected chi connectivity index (χ2v) is 9.62. The number of carbonyl (C=O) groups is 2. The van der Waals surface area contributed by atoms with Gasteiger partial charge >= 0.3 is 12.1 Å². The van der Waals surface area contributed by atoms with Crippen molar-refractivity contribution in [2.45, 2.75) is 52.9 Å². The zero-order chi connectivity index (χ0) is 26.5. The van der Waals surface area contributed by atoms with Crippen LogP contribution in [0.4, 0.5) is 15.0 Å². The van der Waals surface area contributed by atoms with Gasteiger partial charge in [-0.1, -0.05) is 0 Å². The number of nitrogens with one attached hydrogen (secondary N) is 2. The normalized spacial score (nSPS) is 12.2. The highest BCUT2D eigenvalue weighted by Crippen LogP contribution is 2.25. The van der Waals surface area contributed by atoms with Gasteiger partial charge in [0.25, 0.3) is 0 Å². The van der Waals surface area contributed by atoms with Crippen LogP contribution in [0.5, 0.6) is 5.88 Å². The summed E-state index contributed by atoms with van der Waals surface area (Å²) in [5, 5.41) is 9.85. The van der Waals surface area contributed by atoms with E-state index in [0.717, 1.165) is 6.20 Å². The van der Waals surface area contributed by atoms with E-state index in [4.69, 9.17) is 14.2 Å². The summed E-state index contributed by atoms with van der Waals surface area (Å²) in [5.74, 6) is -0.492. The lowest BCUT2D eigenvalue weighted by Crippen LogP contribution is -2.37. The van der Waals surface area contributed by atoms with Crippen molar-refractivity contribution in [2.24, 2.45) is 0 Å². The molecule has 1 amide bonds. The first-order chi connectivity index (χ1) is 17.0. The molecule has 3 heterocycles. The first kappa shape index (κ1) is 27.1. The molecule has 13 heteroatoms. The van der Waals surface area contributed by atoms with Crippen molar-refractivity contribution < 1.29 is 28.2 Å². The molecule has 0 radical (unpaired) electrons. The molecule has 0 aliphatic rings. The van der Waals surface area contributed by atoms with E-state index in [1.807, 2.05) is 0 Å². The molecule has 194 valence electrons. The minimum Gasteiger partial charge on any atom is -0.473 e. The fraction of sp³-hybridized carbons (Fsp3) is 0.435. The number of fused-ring (bicyclic) bond motifs is 1. The van der Waals surface area contributed by atoms with Gasteiger partial charge in [0.15, 0.2) is 5.65 Å². The molecule has 3 aromatic heterocycles. The Morgan fingerprint density at radius 3 is 2.72 bits per heavy atom. The van der Waals surface area contributed by atoms with Crippen LogP contribution in [-0.2, 0) is 16.0 Å². The lowest BCUT2D eigenvalue weighted by Gasteiger charge is -2.21. The summed E-state index contributed by atoms with van der Waals surface area (Å²) in [6, 6.07) is 1.29. The highest BCUT2D eigenvalue weighted by molar-refractivity contribution is 9.10. The molecule has 0 spiro atoms. The van der Waals surface area contributed by atoms with E-state index >= 15 is 0 Å². The zero-order valence-corrected chi connectivity index (χ0v) is 22.2.